The molecule has 1 unspecified atom stereocenters. The fourth-order valence-electron chi connectivity index (χ4n) is 3.26. The van der Waals surface area contributed by atoms with Crippen molar-refractivity contribution >= 4 is 46.6 Å². The van der Waals surface area contributed by atoms with Gasteiger partial charge in [0.2, 0.25) is 5.91 Å². The third-order valence-electron chi connectivity index (χ3n) is 4.85. The predicted octanol–water partition coefficient (Wildman–Crippen LogP) is 6.67. The second-order valence-corrected chi connectivity index (χ2v) is 8.82. The highest BCUT2D eigenvalue weighted by Gasteiger charge is 2.23. The number of nitrogens with one attached hydrogen (secondary N) is 2. The lowest BCUT2D eigenvalue weighted by Gasteiger charge is -2.19. The van der Waals surface area contributed by atoms with E-state index < -0.39 is 5.25 Å². The van der Waals surface area contributed by atoms with E-state index in [1.807, 2.05) is 48.5 Å². The van der Waals surface area contributed by atoms with Crippen molar-refractivity contribution < 1.29 is 18.7 Å². The Morgan fingerprint density at radius 1 is 0.941 bits per heavy atom. The van der Waals surface area contributed by atoms with Crippen LogP contribution in [0.5, 0.6) is 5.75 Å². The van der Waals surface area contributed by atoms with E-state index >= 15 is 0 Å². The van der Waals surface area contributed by atoms with Crippen molar-refractivity contribution in [2.24, 2.45) is 0 Å². The van der Waals surface area contributed by atoms with Crippen LogP contribution in [0, 0.1) is 0 Å². The van der Waals surface area contributed by atoms with Crippen molar-refractivity contribution in [2.45, 2.75) is 10.1 Å². The van der Waals surface area contributed by atoms with E-state index in [-0.39, 0.29) is 17.6 Å². The van der Waals surface area contributed by atoms with Crippen LogP contribution in [0.25, 0.3) is 0 Å². The van der Waals surface area contributed by atoms with Crippen molar-refractivity contribution in [3.8, 4) is 5.75 Å². The van der Waals surface area contributed by atoms with Gasteiger partial charge >= 0.3 is 0 Å². The molecule has 1 heterocycles. The highest BCUT2D eigenvalue weighted by Crippen LogP contribution is 2.38. The maximum Gasteiger partial charge on any atom is 0.291 e. The van der Waals surface area contributed by atoms with Crippen molar-refractivity contribution in [3.63, 3.8) is 0 Å². The molecular formula is C26H21ClN2O4S. The Balaban J connectivity index is 1.57. The summed E-state index contributed by atoms with van der Waals surface area (Å²) in [4.78, 5) is 26.5. The number of methoxy groups -OCH3 is 1. The molecule has 34 heavy (non-hydrogen) atoms. The molecule has 4 aromatic rings. The first-order valence-electron chi connectivity index (χ1n) is 10.3. The lowest BCUT2D eigenvalue weighted by Crippen LogP contribution is -2.19. The fourth-order valence-corrected chi connectivity index (χ4v) is 4.52. The average Bonchev–Trinajstić information content (AvgIpc) is 3.39. The Bertz CT molecular complexity index is 1280. The molecule has 0 fully saturated rings. The molecule has 1 aromatic heterocycles. The monoisotopic (exact) mass is 492 g/mol. The number of carbonyl (C=O) groups excluding carboxylic acids is 2. The number of amides is 2. The quantitative estimate of drug-likeness (QED) is 0.268. The molecule has 0 saturated heterocycles. The molecule has 0 spiro atoms. The van der Waals surface area contributed by atoms with Gasteiger partial charge in [0.1, 0.15) is 11.0 Å². The number of halogens is 1. The fraction of sp³-hybridized carbons (Fsp3) is 0.0769. The van der Waals surface area contributed by atoms with Gasteiger partial charge in [-0.1, -0.05) is 48.0 Å². The van der Waals surface area contributed by atoms with Gasteiger partial charge in [0.05, 0.1) is 19.1 Å². The first kappa shape index (κ1) is 23.5. The summed E-state index contributed by atoms with van der Waals surface area (Å²) in [6.07, 6.45) is 1.44. The summed E-state index contributed by atoms with van der Waals surface area (Å²) in [5.41, 5.74) is 1.91. The van der Waals surface area contributed by atoms with E-state index in [9.17, 15) is 9.59 Å². The van der Waals surface area contributed by atoms with Crippen LogP contribution in [0.4, 0.5) is 11.4 Å². The van der Waals surface area contributed by atoms with Gasteiger partial charge in [-0.05, 0) is 54.1 Å². The second kappa shape index (κ2) is 11.0. The van der Waals surface area contributed by atoms with Crippen LogP contribution in [-0.2, 0) is 4.79 Å². The van der Waals surface area contributed by atoms with Gasteiger partial charge in [-0.2, -0.15) is 0 Å². The first-order valence-corrected chi connectivity index (χ1v) is 11.6. The van der Waals surface area contributed by atoms with E-state index in [0.717, 1.165) is 10.5 Å². The molecule has 172 valence electrons. The molecule has 6 nitrogen and oxygen atoms in total. The summed E-state index contributed by atoms with van der Waals surface area (Å²) in [5, 5.41) is 5.66. The van der Waals surface area contributed by atoms with Gasteiger partial charge in [-0.15, -0.1) is 11.8 Å². The molecule has 2 N–H and O–H groups in total. The van der Waals surface area contributed by atoms with Crippen LogP contribution in [0.2, 0.25) is 5.02 Å². The van der Waals surface area contributed by atoms with E-state index in [0.29, 0.717) is 22.1 Å². The highest BCUT2D eigenvalue weighted by molar-refractivity contribution is 8.00. The number of rotatable bonds is 8. The Hall–Kier alpha value is -3.68. The van der Waals surface area contributed by atoms with Crippen LogP contribution in [0.3, 0.4) is 0 Å². The maximum atomic E-state index is 13.4. The third-order valence-corrected chi connectivity index (χ3v) is 6.33. The SMILES string of the molecule is COc1ccc(Cl)cc1NC(=O)C(Sc1cccc(NC(=O)c2ccco2)c1)c1ccccc1. The molecule has 3 aromatic carbocycles. The first-order chi connectivity index (χ1) is 16.5. The Labute approximate surface area is 206 Å². The number of ether oxygens (including phenoxy) is 1. The Kier molecular flexibility index (Phi) is 7.57. The number of hydrogen-bond acceptors (Lipinski definition) is 5. The zero-order valence-electron chi connectivity index (χ0n) is 18.2. The number of thioether (sulfide) groups is 1. The molecule has 1 atom stereocenters. The lowest BCUT2D eigenvalue weighted by atomic mass is 10.1. The number of benzene rings is 3. The minimum atomic E-state index is -0.569. The zero-order chi connectivity index (χ0) is 23.9. The Morgan fingerprint density at radius 2 is 1.76 bits per heavy atom. The summed E-state index contributed by atoms with van der Waals surface area (Å²) in [6.45, 7) is 0. The average molecular weight is 493 g/mol. The van der Waals surface area contributed by atoms with Gasteiger partial charge in [-0.3, -0.25) is 9.59 Å². The summed E-state index contributed by atoms with van der Waals surface area (Å²) < 4.78 is 10.5. The van der Waals surface area contributed by atoms with Gasteiger partial charge in [0.15, 0.2) is 5.76 Å². The molecule has 0 bridgehead atoms. The molecule has 0 radical (unpaired) electrons. The van der Waals surface area contributed by atoms with E-state index in [1.54, 1.807) is 36.4 Å². The van der Waals surface area contributed by atoms with Crippen LogP contribution < -0.4 is 15.4 Å². The molecule has 8 heteroatoms. The van der Waals surface area contributed by atoms with Crippen molar-refractivity contribution in [3.05, 3.63) is 108 Å². The maximum absolute atomic E-state index is 13.4. The van der Waals surface area contributed by atoms with E-state index in [4.69, 9.17) is 20.8 Å². The third kappa shape index (κ3) is 5.81. The smallest absolute Gasteiger partial charge is 0.291 e. The van der Waals surface area contributed by atoms with Gasteiger partial charge < -0.3 is 19.8 Å². The zero-order valence-corrected chi connectivity index (χ0v) is 19.7. The van der Waals surface area contributed by atoms with Crippen LogP contribution in [0.15, 0.2) is 101 Å². The topological polar surface area (TPSA) is 80.6 Å². The van der Waals surface area contributed by atoms with Crippen LogP contribution in [0.1, 0.15) is 21.4 Å². The van der Waals surface area contributed by atoms with Gasteiger partial charge in [0.25, 0.3) is 5.91 Å². The van der Waals surface area contributed by atoms with Gasteiger partial charge in [-0.25, -0.2) is 0 Å². The number of furan rings is 1. The number of hydrogen-bond donors (Lipinski definition) is 2. The molecule has 0 aliphatic carbocycles. The van der Waals surface area contributed by atoms with Crippen molar-refractivity contribution in [2.75, 3.05) is 17.7 Å². The lowest BCUT2D eigenvalue weighted by molar-refractivity contribution is -0.115. The van der Waals surface area contributed by atoms with Crippen LogP contribution in [-0.4, -0.2) is 18.9 Å². The molecule has 0 aliphatic heterocycles. The minimum absolute atomic E-state index is 0.218. The summed E-state index contributed by atoms with van der Waals surface area (Å²) >= 11 is 7.49. The molecular weight excluding hydrogens is 472 g/mol. The Morgan fingerprint density at radius 3 is 2.50 bits per heavy atom. The minimum Gasteiger partial charge on any atom is -0.495 e. The summed E-state index contributed by atoms with van der Waals surface area (Å²) in [5.74, 6) is 0.145. The van der Waals surface area contributed by atoms with E-state index in [1.165, 1.54) is 25.1 Å². The number of anilines is 2. The normalized spacial score (nSPS) is 11.5. The predicted molar refractivity (Wildman–Crippen MR) is 135 cm³/mol. The molecule has 0 aliphatic rings. The largest absolute Gasteiger partial charge is 0.495 e. The standard InChI is InChI=1S/C26H21ClN2O4S/c1-32-22-13-12-18(27)15-21(22)29-26(31)24(17-7-3-2-4-8-17)34-20-10-5-9-19(16-20)28-25(30)23-11-6-14-33-23/h2-16,24H,1H3,(H,28,30)(H,29,31). The van der Waals surface area contributed by atoms with Gasteiger partial charge in [0, 0.05) is 15.6 Å². The second-order valence-electron chi connectivity index (χ2n) is 7.20. The van der Waals surface area contributed by atoms with E-state index in [2.05, 4.69) is 10.6 Å². The summed E-state index contributed by atoms with van der Waals surface area (Å²) in [7, 11) is 1.53. The molecule has 2 amide bonds. The van der Waals surface area contributed by atoms with Crippen LogP contribution >= 0.6 is 23.4 Å². The highest BCUT2D eigenvalue weighted by atomic mass is 35.5. The molecule has 0 saturated carbocycles. The molecule has 4 rings (SSSR count). The van der Waals surface area contributed by atoms with Crippen molar-refractivity contribution in [1.82, 2.24) is 0 Å². The number of carbonyl (C=O) groups is 2. The van der Waals surface area contributed by atoms with Crippen molar-refractivity contribution in [1.29, 1.82) is 0 Å². The summed E-state index contributed by atoms with van der Waals surface area (Å²) in [6, 6.07) is 25.0.